The maximum Gasteiger partial charge on any atom is 0.416 e. The Morgan fingerprint density at radius 1 is 1.47 bits per heavy atom. The van der Waals surface area contributed by atoms with Gasteiger partial charge in [-0.1, -0.05) is 12.1 Å². The van der Waals surface area contributed by atoms with E-state index in [9.17, 15) is 23.1 Å². The first-order valence-electron chi connectivity index (χ1n) is 5.41. The molecule has 1 unspecified atom stereocenters. The quantitative estimate of drug-likeness (QED) is 0.858. The van der Waals surface area contributed by atoms with Gasteiger partial charge in [0.15, 0.2) is 0 Å². The number of hydrogen-bond acceptors (Lipinski definition) is 3. The van der Waals surface area contributed by atoms with E-state index in [4.69, 9.17) is 0 Å². The lowest BCUT2D eigenvalue weighted by atomic mass is 10.0. The fourth-order valence-electron chi connectivity index (χ4n) is 1.44. The molecule has 0 bridgehead atoms. The summed E-state index contributed by atoms with van der Waals surface area (Å²) in [5.74, 6) is -0.535. The SMILES string of the molecule is CON(C)C(=O)CC(O)c1cccc(C(F)(F)F)c1. The van der Waals surface area contributed by atoms with Crippen LogP contribution in [0.25, 0.3) is 0 Å². The molecule has 1 rings (SSSR count). The smallest absolute Gasteiger partial charge is 0.388 e. The molecule has 0 fully saturated rings. The molecule has 0 radical (unpaired) electrons. The van der Waals surface area contributed by atoms with Gasteiger partial charge in [0.2, 0.25) is 5.91 Å². The van der Waals surface area contributed by atoms with E-state index >= 15 is 0 Å². The number of amides is 1. The van der Waals surface area contributed by atoms with Crippen molar-refractivity contribution in [2.24, 2.45) is 0 Å². The highest BCUT2D eigenvalue weighted by molar-refractivity contribution is 5.75. The lowest BCUT2D eigenvalue weighted by Crippen LogP contribution is -2.26. The van der Waals surface area contributed by atoms with Crippen LogP contribution in [-0.2, 0) is 15.8 Å². The van der Waals surface area contributed by atoms with E-state index in [1.807, 2.05) is 0 Å². The monoisotopic (exact) mass is 277 g/mol. The molecular formula is C12H14F3NO3. The van der Waals surface area contributed by atoms with Gasteiger partial charge in [-0.2, -0.15) is 13.2 Å². The van der Waals surface area contributed by atoms with E-state index in [1.54, 1.807) is 0 Å². The normalized spacial score (nSPS) is 13.2. The van der Waals surface area contributed by atoms with Crippen LogP contribution in [0.1, 0.15) is 23.7 Å². The van der Waals surface area contributed by atoms with E-state index in [2.05, 4.69) is 4.84 Å². The first-order chi connectivity index (χ1) is 8.75. The molecule has 0 aromatic heterocycles. The predicted octanol–water partition coefficient (Wildman–Crippen LogP) is 2.15. The van der Waals surface area contributed by atoms with Gasteiger partial charge >= 0.3 is 6.18 Å². The van der Waals surface area contributed by atoms with Crippen LogP contribution in [-0.4, -0.2) is 30.2 Å². The Morgan fingerprint density at radius 3 is 2.63 bits per heavy atom. The summed E-state index contributed by atoms with van der Waals surface area (Å²) in [6.45, 7) is 0. The van der Waals surface area contributed by atoms with Crippen LogP contribution in [0.4, 0.5) is 13.2 Å². The van der Waals surface area contributed by atoms with Crippen LogP contribution in [0.3, 0.4) is 0 Å². The first kappa shape index (κ1) is 15.5. The molecule has 0 heterocycles. The summed E-state index contributed by atoms with van der Waals surface area (Å²) in [4.78, 5) is 16.1. The third kappa shape index (κ3) is 4.22. The molecule has 0 saturated heterocycles. The second kappa shape index (κ2) is 6.03. The van der Waals surface area contributed by atoms with Gasteiger partial charge in [-0.15, -0.1) is 0 Å². The van der Waals surface area contributed by atoms with Crippen molar-refractivity contribution in [2.45, 2.75) is 18.7 Å². The lowest BCUT2D eigenvalue weighted by molar-refractivity contribution is -0.170. The Balaban J connectivity index is 2.83. The van der Waals surface area contributed by atoms with Crippen molar-refractivity contribution in [1.82, 2.24) is 5.06 Å². The van der Waals surface area contributed by atoms with E-state index < -0.39 is 23.8 Å². The standard InChI is InChI=1S/C12H14F3NO3/c1-16(19-2)11(18)7-10(17)8-4-3-5-9(6-8)12(13,14)15/h3-6,10,17H,7H2,1-2H3. The van der Waals surface area contributed by atoms with Crippen molar-refractivity contribution in [1.29, 1.82) is 0 Å². The molecule has 0 aliphatic rings. The van der Waals surface area contributed by atoms with Gasteiger partial charge in [0.05, 0.1) is 25.2 Å². The van der Waals surface area contributed by atoms with Gasteiger partial charge in [-0.3, -0.25) is 9.63 Å². The average Bonchev–Trinajstić information content (AvgIpc) is 2.36. The minimum atomic E-state index is -4.48. The molecule has 1 aromatic carbocycles. The Kier molecular flexibility index (Phi) is 4.90. The molecule has 1 aromatic rings. The maximum atomic E-state index is 12.5. The third-order valence-electron chi connectivity index (χ3n) is 2.59. The second-order valence-electron chi connectivity index (χ2n) is 3.92. The molecule has 0 saturated carbocycles. The van der Waals surface area contributed by atoms with Gasteiger partial charge in [0.1, 0.15) is 0 Å². The number of aliphatic hydroxyl groups excluding tert-OH is 1. The summed E-state index contributed by atoms with van der Waals surface area (Å²) >= 11 is 0. The molecule has 106 valence electrons. The molecule has 0 aliphatic heterocycles. The zero-order valence-corrected chi connectivity index (χ0v) is 10.4. The molecule has 4 nitrogen and oxygen atoms in total. The molecule has 7 heteroatoms. The maximum absolute atomic E-state index is 12.5. The fraction of sp³-hybridized carbons (Fsp3) is 0.417. The number of halogens is 3. The number of nitrogens with zero attached hydrogens (tertiary/aromatic N) is 1. The number of rotatable bonds is 4. The summed E-state index contributed by atoms with van der Waals surface area (Å²) in [6, 6.07) is 4.25. The largest absolute Gasteiger partial charge is 0.416 e. The molecule has 0 spiro atoms. The topological polar surface area (TPSA) is 49.8 Å². The third-order valence-corrected chi connectivity index (χ3v) is 2.59. The molecule has 0 aliphatic carbocycles. The number of hydroxylamine groups is 2. The van der Waals surface area contributed by atoms with Crippen LogP contribution in [0, 0.1) is 0 Å². The molecule has 1 atom stereocenters. The van der Waals surface area contributed by atoms with Crippen LogP contribution in [0.2, 0.25) is 0 Å². The number of benzene rings is 1. The number of aliphatic hydroxyl groups is 1. The van der Waals surface area contributed by atoms with Gasteiger partial charge in [0, 0.05) is 7.05 Å². The zero-order valence-electron chi connectivity index (χ0n) is 10.4. The Morgan fingerprint density at radius 2 is 2.11 bits per heavy atom. The van der Waals surface area contributed by atoms with E-state index in [-0.39, 0.29) is 12.0 Å². The van der Waals surface area contributed by atoms with Crippen molar-refractivity contribution in [3.63, 3.8) is 0 Å². The zero-order chi connectivity index (χ0) is 14.6. The summed E-state index contributed by atoms with van der Waals surface area (Å²) in [5.41, 5.74) is -0.829. The van der Waals surface area contributed by atoms with Crippen molar-refractivity contribution < 1.29 is 27.9 Å². The first-order valence-corrected chi connectivity index (χ1v) is 5.41. The van der Waals surface area contributed by atoms with Gasteiger partial charge in [-0.05, 0) is 17.7 Å². The van der Waals surface area contributed by atoms with Gasteiger partial charge < -0.3 is 5.11 Å². The Labute approximate surface area is 108 Å². The summed E-state index contributed by atoms with van der Waals surface area (Å²) in [6.07, 6.45) is -6.15. The molecule has 19 heavy (non-hydrogen) atoms. The molecule has 1 N–H and O–H groups in total. The summed E-state index contributed by atoms with van der Waals surface area (Å²) < 4.78 is 37.5. The number of carbonyl (C=O) groups excluding carboxylic acids is 1. The highest BCUT2D eigenvalue weighted by atomic mass is 19.4. The summed E-state index contributed by atoms with van der Waals surface area (Å²) in [5, 5.41) is 10.7. The second-order valence-corrected chi connectivity index (χ2v) is 3.92. The van der Waals surface area contributed by atoms with Gasteiger partial charge in [-0.25, -0.2) is 5.06 Å². The van der Waals surface area contributed by atoms with E-state index in [1.165, 1.54) is 26.3 Å². The molecular weight excluding hydrogens is 263 g/mol. The number of hydrogen-bond donors (Lipinski definition) is 1. The van der Waals surface area contributed by atoms with Gasteiger partial charge in [0.25, 0.3) is 0 Å². The van der Waals surface area contributed by atoms with Crippen molar-refractivity contribution in [3.8, 4) is 0 Å². The highest BCUT2D eigenvalue weighted by Gasteiger charge is 2.31. The highest BCUT2D eigenvalue weighted by Crippen LogP contribution is 2.31. The number of alkyl halides is 3. The number of carbonyl (C=O) groups is 1. The lowest BCUT2D eigenvalue weighted by Gasteiger charge is -2.17. The van der Waals surface area contributed by atoms with Crippen molar-refractivity contribution in [2.75, 3.05) is 14.2 Å². The minimum absolute atomic E-state index is 0.0349. The Hall–Kier alpha value is -1.60. The summed E-state index contributed by atoms with van der Waals surface area (Å²) in [7, 11) is 2.62. The minimum Gasteiger partial charge on any atom is -0.388 e. The van der Waals surface area contributed by atoms with Crippen LogP contribution in [0.5, 0.6) is 0 Å². The van der Waals surface area contributed by atoms with Crippen LogP contribution in [0.15, 0.2) is 24.3 Å². The average molecular weight is 277 g/mol. The molecule has 1 amide bonds. The van der Waals surface area contributed by atoms with E-state index in [0.717, 1.165) is 17.2 Å². The van der Waals surface area contributed by atoms with Crippen molar-refractivity contribution >= 4 is 5.91 Å². The van der Waals surface area contributed by atoms with Crippen LogP contribution >= 0.6 is 0 Å². The van der Waals surface area contributed by atoms with E-state index in [0.29, 0.717) is 0 Å². The Bertz CT molecular complexity index is 448. The fourth-order valence-corrected chi connectivity index (χ4v) is 1.44. The van der Waals surface area contributed by atoms with Crippen molar-refractivity contribution in [3.05, 3.63) is 35.4 Å². The van der Waals surface area contributed by atoms with Crippen LogP contribution < -0.4 is 0 Å². The predicted molar refractivity (Wildman–Crippen MR) is 60.8 cm³/mol.